The number of carbonyl (C=O) groups is 2. The Balaban J connectivity index is 2.79. The third-order valence-electron chi connectivity index (χ3n) is 2.74. The molecule has 126 valence electrons. The summed E-state index contributed by atoms with van der Waals surface area (Å²) in [5.41, 5.74) is 3.26. The summed E-state index contributed by atoms with van der Waals surface area (Å²) in [4.78, 5) is 22.4. The first-order valence-electron chi connectivity index (χ1n) is 6.91. The summed E-state index contributed by atoms with van der Waals surface area (Å²) in [6.07, 6.45) is -4.64. The predicted octanol–water partition coefficient (Wildman–Crippen LogP) is 3.07. The molecule has 0 radical (unpaired) electrons. The summed E-state index contributed by atoms with van der Waals surface area (Å²) in [6, 6.07) is 5.77. The number of hydrazone groups is 1. The van der Waals surface area contributed by atoms with Gasteiger partial charge in [0, 0.05) is 12.1 Å². The van der Waals surface area contributed by atoms with Crippen molar-refractivity contribution >= 4 is 23.2 Å². The van der Waals surface area contributed by atoms with E-state index in [4.69, 9.17) is 0 Å². The molecule has 0 aromatic heterocycles. The van der Waals surface area contributed by atoms with Crippen molar-refractivity contribution in [2.75, 3.05) is 5.32 Å². The first-order chi connectivity index (χ1) is 10.6. The monoisotopic (exact) mass is 329 g/mol. The highest BCUT2D eigenvalue weighted by molar-refractivity contribution is 6.01. The largest absolute Gasteiger partial charge is 0.471 e. The highest BCUT2D eigenvalue weighted by atomic mass is 19.4. The normalized spacial score (nSPS) is 12.2. The molecule has 0 unspecified atom stereocenters. The summed E-state index contributed by atoms with van der Waals surface area (Å²) in [5.74, 6) is -2.11. The van der Waals surface area contributed by atoms with Crippen LogP contribution in [0.2, 0.25) is 0 Å². The maximum atomic E-state index is 12.2. The van der Waals surface area contributed by atoms with Gasteiger partial charge in [-0.2, -0.15) is 18.3 Å². The second kappa shape index (κ2) is 7.75. The Morgan fingerprint density at radius 3 is 2.48 bits per heavy atom. The molecule has 1 aromatic carbocycles. The van der Waals surface area contributed by atoms with E-state index in [-0.39, 0.29) is 17.5 Å². The molecule has 8 heteroatoms. The molecular formula is C15H18F3N3O2. The molecule has 0 aliphatic rings. The minimum Gasteiger partial charge on any atom is -0.318 e. The molecule has 1 rings (SSSR count). The summed E-state index contributed by atoms with van der Waals surface area (Å²) >= 11 is 0. The maximum absolute atomic E-state index is 12.2. The number of nitrogens with one attached hydrogen (secondary N) is 2. The van der Waals surface area contributed by atoms with Crippen molar-refractivity contribution < 1.29 is 22.8 Å². The second-order valence-corrected chi connectivity index (χ2v) is 5.36. The molecule has 0 atom stereocenters. The molecule has 23 heavy (non-hydrogen) atoms. The lowest BCUT2D eigenvalue weighted by Gasteiger charge is -2.09. The number of halogens is 3. The topological polar surface area (TPSA) is 70.6 Å². The van der Waals surface area contributed by atoms with Crippen LogP contribution in [0.1, 0.15) is 32.8 Å². The third kappa shape index (κ3) is 6.50. The second-order valence-electron chi connectivity index (χ2n) is 5.36. The van der Waals surface area contributed by atoms with Gasteiger partial charge in [-0.15, -0.1) is 0 Å². The van der Waals surface area contributed by atoms with E-state index in [2.05, 4.69) is 10.5 Å². The van der Waals surface area contributed by atoms with Crippen molar-refractivity contribution in [1.29, 1.82) is 0 Å². The number of rotatable bonds is 5. The summed E-state index contributed by atoms with van der Waals surface area (Å²) in [7, 11) is 0. The molecular weight excluding hydrogens is 311 g/mol. The third-order valence-corrected chi connectivity index (χ3v) is 2.74. The van der Waals surface area contributed by atoms with Crippen LogP contribution in [0.5, 0.6) is 0 Å². The minimum atomic E-state index is -4.95. The predicted molar refractivity (Wildman–Crippen MR) is 80.9 cm³/mol. The number of anilines is 1. The highest BCUT2D eigenvalue weighted by Crippen LogP contribution is 2.19. The molecule has 5 nitrogen and oxygen atoms in total. The van der Waals surface area contributed by atoms with Crippen molar-refractivity contribution in [2.24, 2.45) is 11.0 Å². The standard InChI is InChI=1S/C15H18F3N3O2/c1-9(2)7-13(22)21-20-10(3)11-5-4-6-12(8-11)19-14(23)15(16,17)18/h4-6,8-9H,7H2,1-3H3,(H,19,23)(H,21,22). The van der Waals surface area contributed by atoms with Crippen LogP contribution in [-0.4, -0.2) is 23.7 Å². The molecule has 0 saturated heterocycles. The van der Waals surface area contributed by atoms with Gasteiger partial charge in [0.25, 0.3) is 0 Å². The van der Waals surface area contributed by atoms with Crippen LogP contribution in [0.25, 0.3) is 0 Å². The number of carbonyl (C=O) groups excluding carboxylic acids is 2. The van der Waals surface area contributed by atoms with E-state index in [1.165, 1.54) is 18.2 Å². The Labute approximate surface area is 132 Å². The van der Waals surface area contributed by atoms with E-state index >= 15 is 0 Å². The molecule has 0 bridgehead atoms. The Morgan fingerprint density at radius 1 is 1.26 bits per heavy atom. The number of alkyl halides is 3. The average molecular weight is 329 g/mol. The van der Waals surface area contributed by atoms with Crippen LogP contribution in [-0.2, 0) is 9.59 Å². The van der Waals surface area contributed by atoms with Gasteiger partial charge in [-0.05, 0) is 30.5 Å². The molecule has 0 aliphatic carbocycles. The van der Waals surface area contributed by atoms with Crippen molar-refractivity contribution in [2.45, 2.75) is 33.4 Å². The van der Waals surface area contributed by atoms with Gasteiger partial charge < -0.3 is 5.32 Å². The zero-order valence-corrected chi connectivity index (χ0v) is 13.0. The number of benzene rings is 1. The summed E-state index contributed by atoms with van der Waals surface area (Å²) in [6.45, 7) is 5.38. The lowest BCUT2D eigenvalue weighted by molar-refractivity contribution is -0.167. The van der Waals surface area contributed by atoms with Gasteiger partial charge in [0.05, 0.1) is 5.71 Å². The SMILES string of the molecule is CC(=NNC(=O)CC(C)C)c1cccc(NC(=O)C(F)(F)F)c1. The smallest absolute Gasteiger partial charge is 0.318 e. The Morgan fingerprint density at radius 2 is 1.91 bits per heavy atom. The van der Waals surface area contributed by atoms with Crippen LogP contribution in [0.4, 0.5) is 18.9 Å². The molecule has 0 fully saturated rings. The number of amides is 2. The van der Waals surface area contributed by atoms with E-state index in [9.17, 15) is 22.8 Å². The fourth-order valence-electron chi connectivity index (χ4n) is 1.65. The maximum Gasteiger partial charge on any atom is 0.471 e. The van der Waals surface area contributed by atoms with Gasteiger partial charge in [0.1, 0.15) is 0 Å². The zero-order valence-electron chi connectivity index (χ0n) is 13.0. The summed E-state index contributed by atoms with van der Waals surface area (Å²) in [5, 5.41) is 5.66. The van der Waals surface area contributed by atoms with E-state index < -0.39 is 12.1 Å². The van der Waals surface area contributed by atoms with Crippen molar-refractivity contribution in [3.8, 4) is 0 Å². The molecule has 2 amide bonds. The zero-order chi connectivity index (χ0) is 17.6. The lowest BCUT2D eigenvalue weighted by atomic mass is 10.1. The van der Waals surface area contributed by atoms with Crippen LogP contribution in [0, 0.1) is 5.92 Å². The van der Waals surface area contributed by atoms with Gasteiger partial charge in [-0.25, -0.2) is 5.43 Å². The lowest BCUT2D eigenvalue weighted by Crippen LogP contribution is -2.29. The van der Waals surface area contributed by atoms with E-state index in [1.54, 1.807) is 18.3 Å². The van der Waals surface area contributed by atoms with Gasteiger partial charge >= 0.3 is 12.1 Å². The Kier molecular flexibility index (Phi) is 6.29. The molecule has 2 N–H and O–H groups in total. The van der Waals surface area contributed by atoms with Crippen LogP contribution in [0.3, 0.4) is 0 Å². The van der Waals surface area contributed by atoms with Crippen LogP contribution < -0.4 is 10.7 Å². The van der Waals surface area contributed by atoms with E-state index in [1.807, 2.05) is 13.8 Å². The molecule has 0 spiro atoms. The molecule has 1 aromatic rings. The number of hydrogen-bond donors (Lipinski definition) is 2. The van der Waals surface area contributed by atoms with Gasteiger partial charge in [-0.1, -0.05) is 26.0 Å². The van der Waals surface area contributed by atoms with Gasteiger partial charge in [-0.3, -0.25) is 9.59 Å². The van der Waals surface area contributed by atoms with Gasteiger partial charge in [0.2, 0.25) is 5.91 Å². The molecule has 0 heterocycles. The number of nitrogens with zero attached hydrogens (tertiary/aromatic N) is 1. The van der Waals surface area contributed by atoms with E-state index in [0.717, 1.165) is 0 Å². The van der Waals surface area contributed by atoms with Crippen LogP contribution >= 0.6 is 0 Å². The van der Waals surface area contributed by atoms with Gasteiger partial charge in [0.15, 0.2) is 0 Å². The highest BCUT2D eigenvalue weighted by Gasteiger charge is 2.38. The number of hydrogen-bond acceptors (Lipinski definition) is 3. The minimum absolute atomic E-state index is 0.00659. The molecule has 0 saturated carbocycles. The average Bonchev–Trinajstić information content (AvgIpc) is 2.43. The van der Waals surface area contributed by atoms with E-state index in [0.29, 0.717) is 17.7 Å². The first kappa shape index (κ1) is 18.7. The van der Waals surface area contributed by atoms with Crippen LogP contribution in [0.15, 0.2) is 29.4 Å². The Bertz CT molecular complexity index is 610. The van der Waals surface area contributed by atoms with Crippen molar-refractivity contribution in [3.05, 3.63) is 29.8 Å². The molecule has 0 aliphatic heterocycles. The first-order valence-corrected chi connectivity index (χ1v) is 6.91. The fourth-order valence-corrected chi connectivity index (χ4v) is 1.65. The quantitative estimate of drug-likeness (QED) is 0.644. The summed E-state index contributed by atoms with van der Waals surface area (Å²) < 4.78 is 36.7. The fraction of sp³-hybridized carbons (Fsp3) is 0.400. The Hall–Kier alpha value is -2.38. The van der Waals surface area contributed by atoms with Crippen molar-refractivity contribution in [1.82, 2.24) is 5.43 Å². The van der Waals surface area contributed by atoms with Crippen molar-refractivity contribution in [3.63, 3.8) is 0 Å².